The molecule has 0 aromatic carbocycles. The lowest BCUT2D eigenvalue weighted by atomic mass is 9.79. The van der Waals surface area contributed by atoms with Crippen molar-refractivity contribution < 1.29 is 19.1 Å². The number of nitrogens with zero attached hydrogens (tertiary/aromatic N) is 1. The molecule has 150 valence electrons. The summed E-state index contributed by atoms with van der Waals surface area (Å²) in [7, 11) is 0. The lowest BCUT2D eigenvalue weighted by Gasteiger charge is -2.45. The number of carbonyl (C=O) groups is 2. The van der Waals surface area contributed by atoms with Crippen molar-refractivity contribution in [1.82, 2.24) is 10.2 Å². The average Bonchev–Trinajstić information content (AvgIpc) is 2.59. The van der Waals surface area contributed by atoms with Gasteiger partial charge in [-0.2, -0.15) is 0 Å². The van der Waals surface area contributed by atoms with Crippen LogP contribution in [0.1, 0.15) is 46.5 Å². The van der Waals surface area contributed by atoms with Crippen molar-refractivity contribution in [2.24, 2.45) is 17.8 Å². The molecule has 26 heavy (non-hydrogen) atoms. The van der Waals surface area contributed by atoms with Gasteiger partial charge in [0.25, 0.3) is 0 Å². The molecule has 1 aliphatic carbocycles. The van der Waals surface area contributed by atoms with Crippen LogP contribution in [0.25, 0.3) is 0 Å². The molecule has 0 unspecified atom stereocenters. The quantitative estimate of drug-likeness (QED) is 0.564. The van der Waals surface area contributed by atoms with E-state index >= 15 is 0 Å². The molecular weight excluding hydrogens is 332 g/mol. The van der Waals surface area contributed by atoms with Gasteiger partial charge in [-0.05, 0) is 32.6 Å². The van der Waals surface area contributed by atoms with Crippen LogP contribution in [0.15, 0.2) is 0 Å². The minimum Gasteiger partial charge on any atom is -0.379 e. The molecule has 6 nitrogen and oxygen atoms in total. The van der Waals surface area contributed by atoms with Gasteiger partial charge in [0.2, 0.25) is 5.91 Å². The predicted molar refractivity (Wildman–Crippen MR) is 101 cm³/mol. The third-order valence-electron chi connectivity index (χ3n) is 5.59. The maximum Gasteiger partial charge on any atom is 0.225 e. The summed E-state index contributed by atoms with van der Waals surface area (Å²) in [6.45, 7) is 10.6. The van der Waals surface area contributed by atoms with Gasteiger partial charge in [0.15, 0.2) is 0 Å². The summed E-state index contributed by atoms with van der Waals surface area (Å²) in [5.41, 5.74) is 0. The Morgan fingerprint density at radius 2 is 1.65 bits per heavy atom. The Hall–Kier alpha value is -0.980. The van der Waals surface area contributed by atoms with Gasteiger partial charge in [0.1, 0.15) is 5.78 Å². The number of nitrogens with one attached hydrogen (secondary N) is 1. The minimum absolute atomic E-state index is 0.105. The maximum atomic E-state index is 12.1. The molecule has 1 N–H and O–H groups in total. The molecule has 0 bridgehead atoms. The molecule has 1 saturated heterocycles. The van der Waals surface area contributed by atoms with E-state index in [1.807, 2.05) is 20.8 Å². The molecule has 0 aromatic rings. The van der Waals surface area contributed by atoms with Gasteiger partial charge < -0.3 is 14.8 Å². The van der Waals surface area contributed by atoms with Gasteiger partial charge in [0, 0.05) is 44.1 Å². The Morgan fingerprint density at radius 1 is 1.00 bits per heavy atom. The largest absolute Gasteiger partial charge is 0.379 e. The Bertz CT molecular complexity index is 441. The second-order valence-corrected chi connectivity index (χ2v) is 7.81. The number of hydrogen-bond acceptors (Lipinski definition) is 5. The number of likely N-dealkylation sites (tertiary alicyclic amines) is 1. The molecule has 0 atom stereocenters. The number of Topliss-reactive ketones (excluding diaryl/α,β-unsaturated/α-hetero) is 1. The van der Waals surface area contributed by atoms with E-state index in [0.29, 0.717) is 44.8 Å². The van der Waals surface area contributed by atoms with Gasteiger partial charge in [-0.3, -0.25) is 14.5 Å². The SMILES string of the molecule is CCOCCOCCNC(=O)C1CN(C2CCC(C(=O)C(C)C)CC2)C1. The van der Waals surface area contributed by atoms with Crippen LogP contribution in [-0.4, -0.2) is 68.7 Å². The number of amides is 1. The number of ether oxygens (including phenoxy) is 2. The Morgan fingerprint density at radius 3 is 2.27 bits per heavy atom. The van der Waals surface area contributed by atoms with E-state index in [1.165, 1.54) is 0 Å². The van der Waals surface area contributed by atoms with Gasteiger partial charge in [-0.15, -0.1) is 0 Å². The second kappa shape index (κ2) is 11.0. The fraction of sp³-hybridized carbons (Fsp3) is 0.900. The van der Waals surface area contributed by atoms with Crippen LogP contribution >= 0.6 is 0 Å². The van der Waals surface area contributed by atoms with Crippen molar-refractivity contribution in [2.45, 2.75) is 52.5 Å². The summed E-state index contributed by atoms with van der Waals surface area (Å²) in [6.07, 6.45) is 4.19. The van der Waals surface area contributed by atoms with Gasteiger partial charge in [0.05, 0.1) is 25.7 Å². The first-order valence-corrected chi connectivity index (χ1v) is 10.2. The molecule has 0 aromatic heterocycles. The van der Waals surface area contributed by atoms with Gasteiger partial charge in [-0.25, -0.2) is 0 Å². The molecule has 1 amide bonds. The Kier molecular flexibility index (Phi) is 9.02. The molecule has 0 radical (unpaired) electrons. The summed E-state index contributed by atoms with van der Waals surface area (Å²) in [6, 6.07) is 0.553. The molecule has 6 heteroatoms. The molecule has 2 rings (SSSR count). The second-order valence-electron chi connectivity index (χ2n) is 7.81. The van der Waals surface area contributed by atoms with E-state index in [4.69, 9.17) is 9.47 Å². The molecule has 1 heterocycles. The fourth-order valence-electron chi connectivity index (χ4n) is 3.93. The van der Waals surface area contributed by atoms with Gasteiger partial charge >= 0.3 is 0 Å². The number of hydrogen-bond donors (Lipinski definition) is 1. The van der Waals surface area contributed by atoms with Crippen molar-refractivity contribution in [3.05, 3.63) is 0 Å². The molecule has 2 aliphatic rings. The number of carbonyl (C=O) groups excluding carboxylic acids is 2. The van der Waals surface area contributed by atoms with E-state index in [1.54, 1.807) is 0 Å². The zero-order valence-electron chi connectivity index (χ0n) is 16.7. The average molecular weight is 369 g/mol. The highest BCUT2D eigenvalue weighted by Crippen LogP contribution is 2.33. The molecule has 0 spiro atoms. The normalized spacial score (nSPS) is 24.5. The van der Waals surface area contributed by atoms with E-state index < -0.39 is 0 Å². The standard InChI is InChI=1S/C20H36N2O4/c1-4-25-11-12-26-10-9-21-20(24)17-13-22(14-17)18-7-5-16(6-8-18)19(23)15(2)3/h15-18H,4-14H2,1-3H3,(H,21,24). The van der Waals surface area contributed by atoms with E-state index in [0.717, 1.165) is 38.8 Å². The summed E-state index contributed by atoms with van der Waals surface area (Å²) in [5, 5.41) is 2.96. The topological polar surface area (TPSA) is 67.9 Å². The Labute approximate surface area is 158 Å². The van der Waals surface area contributed by atoms with Crippen molar-refractivity contribution in [3.8, 4) is 0 Å². The van der Waals surface area contributed by atoms with Crippen molar-refractivity contribution in [1.29, 1.82) is 0 Å². The highest BCUT2D eigenvalue weighted by molar-refractivity contribution is 5.82. The van der Waals surface area contributed by atoms with Crippen LogP contribution in [0.2, 0.25) is 0 Å². The highest BCUT2D eigenvalue weighted by atomic mass is 16.5. The molecule has 2 fully saturated rings. The zero-order valence-corrected chi connectivity index (χ0v) is 16.7. The third kappa shape index (κ3) is 6.32. The van der Waals surface area contributed by atoms with Crippen LogP contribution in [0.3, 0.4) is 0 Å². The van der Waals surface area contributed by atoms with Crippen molar-refractivity contribution in [2.75, 3.05) is 46.1 Å². The maximum absolute atomic E-state index is 12.1. The van der Waals surface area contributed by atoms with E-state index in [-0.39, 0.29) is 23.7 Å². The molecule has 1 aliphatic heterocycles. The summed E-state index contributed by atoms with van der Waals surface area (Å²) in [5.74, 6) is 1.07. The summed E-state index contributed by atoms with van der Waals surface area (Å²) in [4.78, 5) is 26.7. The van der Waals surface area contributed by atoms with Gasteiger partial charge in [-0.1, -0.05) is 13.8 Å². The monoisotopic (exact) mass is 368 g/mol. The predicted octanol–water partition coefficient (Wildman–Crippen LogP) is 1.87. The van der Waals surface area contributed by atoms with E-state index in [2.05, 4.69) is 10.2 Å². The molecule has 1 saturated carbocycles. The lowest BCUT2D eigenvalue weighted by Crippen LogP contribution is -2.58. The lowest BCUT2D eigenvalue weighted by molar-refractivity contribution is -0.132. The first-order valence-electron chi connectivity index (χ1n) is 10.2. The smallest absolute Gasteiger partial charge is 0.225 e. The van der Waals surface area contributed by atoms with Crippen molar-refractivity contribution in [3.63, 3.8) is 0 Å². The fourth-order valence-corrected chi connectivity index (χ4v) is 3.93. The number of ketones is 1. The Balaban J connectivity index is 1.54. The third-order valence-corrected chi connectivity index (χ3v) is 5.59. The summed E-state index contributed by atoms with van der Waals surface area (Å²) >= 11 is 0. The number of rotatable bonds is 11. The van der Waals surface area contributed by atoms with Crippen molar-refractivity contribution >= 4 is 11.7 Å². The van der Waals surface area contributed by atoms with Crippen LogP contribution in [0.4, 0.5) is 0 Å². The van der Waals surface area contributed by atoms with Crippen LogP contribution in [-0.2, 0) is 19.1 Å². The zero-order chi connectivity index (χ0) is 18.9. The first-order chi connectivity index (χ1) is 12.5. The first kappa shape index (κ1) is 21.3. The van der Waals surface area contributed by atoms with Crippen LogP contribution in [0, 0.1) is 17.8 Å². The van der Waals surface area contributed by atoms with Crippen LogP contribution < -0.4 is 5.32 Å². The van der Waals surface area contributed by atoms with E-state index in [9.17, 15) is 9.59 Å². The van der Waals surface area contributed by atoms with Crippen LogP contribution in [0.5, 0.6) is 0 Å². The summed E-state index contributed by atoms with van der Waals surface area (Å²) < 4.78 is 10.6. The highest BCUT2D eigenvalue weighted by Gasteiger charge is 2.38. The molecular formula is C20H36N2O4. The minimum atomic E-state index is 0.105.